The number of hydrogen-bond acceptors (Lipinski definition) is 9. The number of aliphatic imine (C=N–C) groups is 1. The van der Waals surface area contributed by atoms with Crippen molar-refractivity contribution >= 4 is 41.2 Å². The van der Waals surface area contributed by atoms with Gasteiger partial charge in [-0.3, -0.25) is 9.69 Å². The number of carbonyl (C=O) groups is 2. The number of rotatable bonds is 4. The first-order valence-electron chi connectivity index (χ1n) is 9.46. The van der Waals surface area contributed by atoms with E-state index in [0.717, 1.165) is 4.90 Å². The van der Waals surface area contributed by atoms with Crippen LogP contribution in [0.1, 0.15) is 22.3 Å². The van der Waals surface area contributed by atoms with Crippen LogP contribution in [-0.4, -0.2) is 52.0 Å². The normalized spacial score (nSPS) is 12.5. The van der Waals surface area contributed by atoms with Crippen molar-refractivity contribution in [2.24, 2.45) is 4.99 Å². The lowest BCUT2D eigenvalue weighted by molar-refractivity contribution is 0.100. The molecule has 4 rings (SSSR count). The highest BCUT2D eigenvalue weighted by Gasteiger charge is 2.30. The second kappa shape index (κ2) is 8.06. The smallest absolute Gasteiger partial charge is 0.413 e. The summed E-state index contributed by atoms with van der Waals surface area (Å²) in [5.41, 5.74) is 12.8. The number of nitrogens with two attached hydrogens (primary N) is 2. The number of nitrogens with zero attached hydrogens (tertiary/aromatic N) is 6. The summed E-state index contributed by atoms with van der Waals surface area (Å²) in [7, 11) is 2.61. The van der Waals surface area contributed by atoms with E-state index < -0.39 is 11.9 Å². The first-order chi connectivity index (χ1) is 15.3. The molecular weight excluding hydrogens is 419 g/mol. The number of hydrogen-bond donors (Lipinski definition) is 2. The topological polar surface area (TPSA) is 155 Å². The van der Waals surface area contributed by atoms with Gasteiger partial charge in [-0.25, -0.2) is 28.8 Å². The average molecular weight is 438 g/mol. The van der Waals surface area contributed by atoms with Crippen LogP contribution in [-0.2, 0) is 11.3 Å². The third-order valence-electron chi connectivity index (χ3n) is 4.91. The van der Waals surface area contributed by atoms with Gasteiger partial charge in [0, 0.05) is 25.2 Å². The lowest BCUT2D eigenvalue weighted by atomic mass is 10.1. The van der Waals surface area contributed by atoms with Crippen molar-refractivity contribution in [3.05, 3.63) is 41.2 Å². The third kappa shape index (κ3) is 3.51. The molecule has 3 aromatic rings. The quantitative estimate of drug-likeness (QED) is 0.628. The maximum Gasteiger partial charge on any atom is 0.413 e. The molecule has 0 unspecified atom stereocenters. The Morgan fingerprint density at radius 2 is 1.94 bits per heavy atom. The second-order valence-electron chi connectivity index (χ2n) is 6.93. The molecule has 164 valence electrons. The summed E-state index contributed by atoms with van der Waals surface area (Å²) in [6.07, 6.45) is 0.821. The summed E-state index contributed by atoms with van der Waals surface area (Å²) < 4.78 is 20.3. The Hall–Kier alpha value is -4.35. The first kappa shape index (κ1) is 20.9. The number of methoxy groups -OCH3 is 1. The molecule has 0 fully saturated rings. The number of ketones is 1. The highest BCUT2D eigenvalue weighted by molar-refractivity contribution is 6.13. The zero-order valence-electron chi connectivity index (χ0n) is 17.2. The van der Waals surface area contributed by atoms with Crippen molar-refractivity contribution in [3.8, 4) is 11.5 Å². The SMILES string of the molecule is COC(=O)N(C)c1c(N)nc(-c2nn(Cc3ccccc3F)c3c2C(=O)CC=N3)nc1N. The number of Topliss-reactive ketones (excluding diaryl/α,β-unsaturated/α-hetero) is 1. The fourth-order valence-electron chi connectivity index (χ4n) is 3.38. The van der Waals surface area contributed by atoms with E-state index in [9.17, 15) is 14.0 Å². The zero-order chi connectivity index (χ0) is 23.0. The molecule has 11 nitrogen and oxygen atoms in total. The van der Waals surface area contributed by atoms with Crippen LogP contribution in [0, 0.1) is 5.82 Å². The molecule has 0 saturated carbocycles. The van der Waals surface area contributed by atoms with Crippen LogP contribution in [0.25, 0.3) is 11.5 Å². The van der Waals surface area contributed by atoms with Gasteiger partial charge in [-0.1, -0.05) is 18.2 Å². The van der Waals surface area contributed by atoms with E-state index in [1.165, 1.54) is 31.1 Å². The van der Waals surface area contributed by atoms with Gasteiger partial charge in [-0.05, 0) is 6.07 Å². The van der Waals surface area contributed by atoms with E-state index in [0.29, 0.717) is 5.56 Å². The molecule has 0 atom stereocenters. The number of halogens is 1. The van der Waals surface area contributed by atoms with E-state index in [1.54, 1.807) is 18.2 Å². The highest BCUT2D eigenvalue weighted by atomic mass is 19.1. The van der Waals surface area contributed by atoms with Crippen LogP contribution in [0.2, 0.25) is 0 Å². The van der Waals surface area contributed by atoms with Gasteiger partial charge in [-0.2, -0.15) is 5.10 Å². The fourth-order valence-corrected chi connectivity index (χ4v) is 3.38. The molecule has 0 radical (unpaired) electrons. The number of fused-ring (bicyclic) bond motifs is 1. The van der Waals surface area contributed by atoms with Crippen molar-refractivity contribution in [3.63, 3.8) is 0 Å². The minimum atomic E-state index is -0.712. The van der Waals surface area contributed by atoms with E-state index in [1.807, 2.05) is 0 Å². The molecule has 0 spiro atoms. The summed E-state index contributed by atoms with van der Waals surface area (Å²) in [5.74, 6) is -0.633. The molecule has 1 aliphatic heterocycles. The van der Waals surface area contributed by atoms with Gasteiger partial charge in [0.2, 0.25) is 0 Å². The Kier molecular flexibility index (Phi) is 5.26. The van der Waals surface area contributed by atoms with Crippen molar-refractivity contribution in [1.82, 2.24) is 19.7 Å². The number of nitrogen functional groups attached to an aromatic ring is 2. The highest BCUT2D eigenvalue weighted by Crippen LogP contribution is 2.36. The van der Waals surface area contributed by atoms with E-state index in [-0.39, 0.29) is 59.0 Å². The van der Waals surface area contributed by atoms with Crippen molar-refractivity contribution in [2.45, 2.75) is 13.0 Å². The van der Waals surface area contributed by atoms with Gasteiger partial charge in [0.15, 0.2) is 29.1 Å². The first-order valence-corrected chi connectivity index (χ1v) is 9.46. The number of anilines is 3. The van der Waals surface area contributed by atoms with Gasteiger partial charge in [0.25, 0.3) is 0 Å². The number of ether oxygens (including phenoxy) is 1. The summed E-state index contributed by atoms with van der Waals surface area (Å²) in [6, 6.07) is 6.23. The van der Waals surface area contributed by atoms with Crippen LogP contribution in [0.5, 0.6) is 0 Å². The minimum absolute atomic E-state index is 0.0176. The Morgan fingerprint density at radius 3 is 2.59 bits per heavy atom. The summed E-state index contributed by atoms with van der Waals surface area (Å²) in [6.45, 7) is 0.0355. The van der Waals surface area contributed by atoms with E-state index in [2.05, 4.69) is 24.8 Å². The van der Waals surface area contributed by atoms with Crippen LogP contribution in [0.15, 0.2) is 29.3 Å². The summed E-state index contributed by atoms with van der Waals surface area (Å²) >= 11 is 0. The van der Waals surface area contributed by atoms with Crippen LogP contribution in [0.4, 0.5) is 32.3 Å². The maximum atomic E-state index is 14.2. The number of aromatic nitrogens is 4. The third-order valence-corrected chi connectivity index (χ3v) is 4.91. The molecule has 1 amide bonds. The van der Waals surface area contributed by atoms with E-state index in [4.69, 9.17) is 11.5 Å². The van der Waals surface area contributed by atoms with Gasteiger partial charge in [0.05, 0.1) is 19.2 Å². The Labute approximate surface area is 181 Å². The van der Waals surface area contributed by atoms with Crippen molar-refractivity contribution < 1.29 is 18.7 Å². The van der Waals surface area contributed by atoms with Gasteiger partial charge >= 0.3 is 6.09 Å². The number of benzene rings is 1. The Balaban J connectivity index is 1.83. The molecule has 0 saturated heterocycles. The van der Waals surface area contributed by atoms with Gasteiger partial charge < -0.3 is 16.2 Å². The average Bonchev–Trinajstić information content (AvgIpc) is 3.14. The monoisotopic (exact) mass is 438 g/mol. The van der Waals surface area contributed by atoms with E-state index >= 15 is 0 Å². The van der Waals surface area contributed by atoms with Crippen LogP contribution >= 0.6 is 0 Å². The molecule has 1 aromatic carbocycles. The molecular formula is C20H19FN8O3. The molecule has 0 aliphatic carbocycles. The molecule has 0 bridgehead atoms. The largest absolute Gasteiger partial charge is 0.452 e. The molecule has 1 aliphatic rings. The summed E-state index contributed by atoms with van der Waals surface area (Å²) in [4.78, 5) is 38.3. The minimum Gasteiger partial charge on any atom is -0.452 e. The number of carbonyl (C=O) groups excluding carboxylic acids is 2. The Morgan fingerprint density at radius 1 is 1.25 bits per heavy atom. The molecule has 2 aromatic heterocycles. The van der Waals surface area contributed by atoms with Crippen LogP contribution < -0.4 is 16.4 Å². The lowest BCUT2D eigenvalue weighted by Crippen LogP contribution is -2.28. The predicted octanol–water partition coefficient (Wildman–Crippen LogP) is 2.18. The maximum absolute atomic E-state index is 14.2. The fraction of sp³-hybridized carbons (Fsp3) is 0.200. The number of amides is 1. The molecule has 12 heteroatoms. The van der Waals surface area contributed by atoms with Gasteiger partial charge in [0.1, 0.15) is 17.2 Å². The molecule has 32 heavy (non-hydrogen) atoms. The Bertz CT molecular complexity index is 1250. The predicted molar refractivity (Wildman–Crippen MR) is 115 cm³/mol. The standard InChI is InChI=1S/C20H19FN8O3/c1-28(20(31)32-2)15-16(22)25-18(26-17(15)23)14-13-12(30)7-8-24-19(13)29(27-14)9-10-5-3-4-6-11(10)21/h3-6,8H,7,9H2,1-2H3,(H4,22,23,25,26). The molecule has 4 N–H and O–H groups in total. The van der Waals surface area contributed by atoms with Crippen molar-refractivity contribution in [1.29, 1.82) is 0 Å². The van der Waals surface area contributed by atoms with Crippen molar-refractivity contribution in [2.75, 3.05) is 30.5 Å². The summed E-state index contributed by atoms with van der Waals surface area (Å²) in [5, 5.41) is 4.43. The zero-order valence-corrected chi connectivity index (χ0v) is 17.2. The van der Waals surface area contributed by atoms with Gasteiger partial charge in [-0.15, -0.1) is 0 Å². The molecule has 3 heterocycles. The lowest BCUT2D eigenvalue weighted by Gasteiger charge is -2.18. The second-order valence-corrected chi connectivity index (χ2v) is 6.93. The van der Waals surface area contributed by atoms with Crippen LogP contribution in [0.3, 0.4) is 0 Å².